The first-order valence-electron chi connectivity index (χ1n) is 21.6. The summed E-state index contributed by atoms with van der Waals surface area (Å²) in [6.07, 6.45) is 0. The third kappa shape index (κ3) is 5.60. The quantitative estimate of drug-likeness (QED) is 0.156. The summed E-state index contributed by atoms with van der Waals surface area (Å²) in [6.45, 7) is 0. The van der Waals surface area contributed by atoms with Crippen molar-refractivity contribution in [2.24, 2.45) is 0 Å². The Balaban J connectivity index is 0.935. The molecule has 0 amide bonds. The first-order valence-corrected chi connectivity index (χ1v) is 21.6. The van der Waals surface area contributed by atoms with E-state index in [4.69, 9.17) is 4.42 Å². The van der Waals surface area contributed by atoms with Crippen LogP contribution in [-0.2, 0) is 0 Å². The Morgan fingerprint density at radius 1 is 0.302 bits per heavy atom. The summed E-state index contributed by atoms with van der Waals surface area (Å²) < 4.78 is 9.16. The molecule has 0 bridgehead atoms. The number of hydrogen-bond donors (Lipinski definition) is 0. The fourth-order valence-electron chi connectivity index (χ4n) is 10.0. The molecule has 0 atom stereocenters. The lowest BCUT2D eigenvalue weighted by atomic mass is 9.99. The van der Waals surface area contributed by atoms with Gasteiger partial charge in [0.1, 0.15) is 11.2 Å². The van der Waals surface area contributed by atoms with Gasteiger partial charge in [0.25, 0.3) is 0 Å². The number of furan rings is 1. The molecule has 294 valence electrons. The molecule has 0 unspecified atom stereocenters. The van der Waals surface area contributed by atoms with Crippen molar-refractivity contribution >= 4 is 93.1 Å². The maximum Gasteiger partial charge on any atom is 0.143 e. The van der Waals surface area contributed by atoms with Crippen molar-refractivity contribution in [3.05, 3.63) is 231 Å². The lowest BCUT2D eigenvalue weighted by Gasteiger charge is -2.26. The van der Waals surface area contributed by atoms with Crippen molar-refractivity contribution in [1.82, 2.24) is 4.57 Å². The minimum absolute atomic E-state index is 0.909. The Bertz CT molecular complexity index is 3860. The minimum atomic E-state index is 0.909. The Morgan fingerprint density at radius 3 is 1.51 bits per heavy atom. The summed E-state index contributed by atoms with van der Waals surface area (Å²) in [5, 5.41) is 12.0. The number of hydrogen-bond acceptors (Lipinski definition) is 2. The predicted molar refractivity (Wildman–Crippen MR) is 266 cm³/mol. The van der Waals surface area contributed by atoms with Crippen molar-refractivity contribution in [1.29, 1.82) is 0 Å². The molecular formula is C60H38N2O. The zero-order chi connectivity index (χ0) is 41.4. The van der Waals surface area contributed by atoms with Gasteiger partial charge in [-0.25, -0.2) is 0 Å². The molecule has 0 fully saturated rings. The molecule has 0 spiro atoms. The highest BCUT2D eigenvalue weighted by atomic mass is 16.3. The van der Waals surface area contributed by atoms with E-state index < -0.39 is 0 Å². The molecule has 0 aliphatic carbocycles. The highest BCUT2D eigenvalue weighted by Gasteiger charge is 2.19. The van der Waals surface area contributed by atoms with Gasteiger partial charge in [0.15, 0.2) is 0 Å². The van der Waals surface area contributed by atoms with Gasteiger partial charge in [-0.1, -0.05) is 170 Å². The topological polar surface area (TPSA) is 21.3 Å². The van der Waals surface area contributed by atoms with E-state index in [2.05, 4.69) is 240 Å². The number of benzene rings is 11. The molecule has 11 aromatic carbocycles. The maximum atomic E-state index is 6.75. The normalized spacial score (nSPS) is 11.8. The molecule has 0 aliphatic rings. The molecule has 0 N–H and O–H groups in total. The van der Waals surface area contributed by atoms with Crippen LogP contribution in [0, 0.1) is 0 Å². The maximum absolute atomic E-state index is 6.75. The van der Waals surface area contributed by atoms with Gasteiger partial charge in [0, 0.05) is 55.1 Å². The molecule has 2 heterocycles. The van der Waals surface area contributed by atoms with Crippen LogP contribution in [0.1, 0.15) is 0 Å². The number of fused-ring (bicyclic) bond motifs is 11. The van der Waals surface area contributed by atoms with Crippen molar-refractivity contribution < 1.29 is 4.42 Å². The van der Waals surface area contributed by atoms with Crippen LogP contribution in [0.5, 0.6) is 0 Å². The Kier molecular flexibility index (Phi) is 7.91. The minimum Gasteiger partial charge on any atom is -0.455 e. The summed E-state index contributed by atoms with van der Waals surface area (Å²) in [6, 6.07) is 83.4. The summed E-state index contributed by atoms with van der Waals surface area (Å²) in [7, 11) is 0. The lowest BCUT2D eigenvalue weighted by molar-refractivity contribution is 0.674. The third-order valence-corrected chi connectivity index (χ3v) is 13.0. The molecule has 63 heavy (non-hydrogen) atoms. The molecule has 3 nitrogen and oxygen atoms in total. The Morgan fingerprint density at radius 2 is 0.778 bits per heavy atom. The summed E-state index contributed by atoms with van der Waals surface area (Å²) in [5.41, 5.74) is 13.2. The molecule has 3 heteroatoms. The second-order valence-corrected chi connectivity index (χ2v) is 16.5. The smallest absolute Gasteiger partial charge is 0.143 e. The van der Waals surface area contributed by atoms with Crippen LogP contribution in [0.2, 0.25) is 0 Å². The number of nitrogens with zero attached hydrogens (tertiary/aromatic N) is 2. The monoisotopic (exact) mass is 802 g/mol. The van der Waals surface area contributed by atoms with Gasteiger partial charge in [0.2, 0.25) is 0 Å². The van der Waals surface area contributed by atoms with Crippen LogP contribution in [0.25, 0.3) is 104 Å². The number of rotatable bonds is 6. The van der Waals surface area contributed by atoms with E-state index in [-0.39, 0.29) is 0 Å². The first-order chi connectivity index (χ1) is 31.2. The third-order valence-electron chi connectivity index (χ3n) is 13.0. The van der Waals surface area contributed by atoms with Crippen molar-refractivity contribution in [2.75, 3.05) is 4.90 Å². The van der Waals surface area contributed by atoms with E-state index in [1.165, 1.54) is 54.3 Å². The Hall–Kier alpha value is -8.40. The first kappa shape index (κ1) is 35.4. The molecule has 0 radical (unpaired) electrons. The standard InChI is InChI=1S/C60H38N2O/c1-3-14-47-39(12-1)24-25-43-38-46(35-37-48(43)47)61(45-33-28-42(29-34-45)51-19-11-20-54-55-36-30-40-13-2-4-16-50(40)60(55)63-59(51)54)44-31-26-41(27-32-44)49-15-5-8-21-56(49)62-57-22-9-6-17-52(57)53-18-7-10-23-58(53)62/h1-38H. The molecule has 0 aliphatic heterocycles. The molecule has 13 aromatic rings. The van der Waals surface area contributed by atoms with Crippen molar-refractivity contribution in [2.45, 2.75) is 0 Å². The number of para-hydroxylation sites is 4. The molecule has 13 rings (SSSR count). The molecule has 2 aromatic heterocycles. The fraction of sp³-hybridized carbons (Fsp3) is 0. The van der Waals surface area contributed by atoms with Gasteiger partial charge >= 0.3 is 0 Å². The van der Waals surface area contributed by atoms with Crippen molar-refractivity contribution in [3.63, 3.8) is 0 Å². The van der Waals surface area contributed by atoms with Crippen LogP contribution >= 0.6 is 0 Å². The van der Waals surface area contributed by atoms with E-state index >= 15 is 0 Å². The van der Waals surface area contributed by atoms with Crippen LogP contribution in [0.15, 0.2) is 235 Å². The van der Waals surface area contributed by atoms with Crippen LogP contribution < -0.4 is 4.90 Å². The Labute approximate surface area is 363 Å². The summed E-state index contributed by atoms with van der Waals surface area (Å²) in [4.78, 5) is 2.37. The molecule has 0 saturated heterocycles. The molecular weight excluding hydrogens is 765 g/mol. The van der Waals surface area contributed by atoms with Crippen LogP contribution in [-0.4, -0.2) is 4.57 Å². The second kappa shape index (κ2) is 14.1. The van der Waals surface area contributed by atoms with Gasteiger partial charge < -0.3 is 13.9 Å². The van der Waals surface area contributed by atoms with E-state index in [9.17, 15) is 0 Å². The largest absolute Gasteiger partial charge is 0.455 e. The van der Waals surface area contributed by atoms with Gasteiger partial charge in [0.05, 0.1) is 16.7 Å². The van der Waals surface area contributed by atoms with Crippen LogP contribution in [0.3, 0.4) is 0 Å². The zero-order valence-corrected chi connectivity index (χ0v) is 34.2. The van der Waals surface area contributed by atoms with E-state index in [1.807, 2.05) is 0 Å². The summed E-state index contributed by atoms with van der Waals surface area (Å²) in [5.74, 6) is 0. The SMILES string of the molecule is c1ccc(-n2c3ccccc3c3ccccc32)c(-c2ccc(N(c3ccc(-c4cccc5c4oc4c6ccccc6ccc54)cc3)c3ccc4c(ccc5ccccc54)c3)cc2)c1. The molecule has 0 saturated carbocycles. The van der Waals surface area contributed by atoms with Crippen molar-refractivity contribution in [3.8, 4) is 27.9 Å². The van der Waals surface area contributed by atoms with E-state index in [0.29, 0.717) is 0 Å². The summed E-state index contributed by atoms with van der Waals surface area (Å²) >= 11 is 0. The average molecular weight is 803 g/mol. The highest BCUT2D eigenvalue weighted by molar-refractivity contribution is 6.17. The fourth-order valence-corrected chi connectivity index (χ4v) is 10.0. The highest BCUT2D eigenvalue weighted by Crippen LogP contribution is 2.43. The second-order valence-electron chi connectivity index (χ2n) is 16.5. The van der Waals surface area contributed by atoms with Gasteiger partial charge in [-0.05, 0) is 98.7 Å². The van der Waals surface area contributed by atoms with Gasteiger partial charge in [-0.2, -0.15) is 0 Å². The van der Waals surface area contributed by atoms with E-state index in [1.54, 1.807) is 0 Å². The van der Waals surface area contributed by atoms with Gasteiger partial charge in [-0.3, -0.25) is 0 Å². The zero-order valence-electron chi connectivity index (χ0n) is 34.2. The lowest BCUT2D eigenvalue weighted by Crippen LogP contribution is -2.10. The number of aromatic nitrogens is 1. The van der Waals surface area contributed by atoms with E-state index in [0.717, 1.165) is 66.8 Å². The number of anilines is 3. The van der Waals surface area contributed by atoms with Crippen LogP contribution in [0.4, 0.5) is 17.1 Å². The van der Waals surface area contributed by atoms with Gasteiger partial charge in [-0.15, -0.1) is 0 Å². The average Bonchev–Trinajstić information content (AvgIpc) is 3.91. The predicted octanol–water partition coefficient (Wildman–Crippen LogP) is 16.9.